The maximum atomic E-state index is 11.7. The van der Waals surface area contributed by atoms with Gasteiger partial charge in [-0.2, -0.15) is 24.4 Å². The summed E-state index contributed by atoms with van der Waals surface area (Å²) >= 11 is 5.75. The number of nitrogens with one attached hydrogen (secondary N) is 3. The molecule has 2 saturated heterocycles. The minimum Gasteiger partial charge on any atom is -0.480 e. The van der Waals surface area contributed by atoms with E-state index in [1.54, 1.807) is 0 Å². The number of hydrogen-bond acceptors (Lipinski definition) is 5. The van der Waals surface area contributed by atoms with Crippen molar-refractivity contribution >= 4 is 42.3 Å². The Balaban J connectivity index is 1.62. The summed E-state index contributed by atoms with van der Waals surface area (Å²) in [6, 6.07) is -0.614. The second-order valence-corrected chi connectivity index (χ2v) is 7.15. The van der Waals surface area contributed by atoms with Crippen molar-refractivity contribution in [2.75, 3.05) is 11.5 Å². The van der Waals surface area contributed by atoms with Crippen LogP contribution in [0.2, 0.25) is 0 Å². The number of carboxylic acid groups (broad SMARTS) is 1. The van der Waals surface area contributed by atoms with Crippen molar-refractivity contribution < 1.29 is 19.5 Å². The Kier molecular flexibility index (Phi) is 6.25. The standard InChI is InChI=1S/C13H21N3O4S2/c17-10(14-7(5-21)12(18)19)4-2-1-3-9-11-8(6-22-9)15-13(20)16-11/h7-9,11,21H,1-6H2,(H,14,17)(H,18,19)(H2,15,16,20)/t7-,8-,9-,11-/m0/s1. The summed E-state index contributed by atoms with van der Waals surface area (Å²) in [5.41, 5.74) is 0. The van der Waals surface area contributed by atoms with Crippen LogP contribution >= 0.6 is 24.4 Å². The van der Waals surface area contributed by atoms with E-state index in [1.165, 1.54) is 0 Å². The lowest BCUT2D eigenvalue weighted by Crippen LogP contribution is -2.42. The lowest BCUT2D eigenvalue weighted by Gasteiger charge is -2.16. The van der Waals surface area contributed by atoms with Gasteiger partial charge in [0.15, 0.2) is 0 Å². The van der Waals surface area contributed by atoms with E-state index in [2.05, 4.69) is 28.6 Å². The molecular weight excluding hydrogens is 326 g/mol. The SMILES string of the molecule is O=C(CCCC[C@@H]1SC[C@@H]2NC(=O)N[C@@H]21)N[C@@H](CS)C(=O)O. The molecule has 0 aromatic rings. The van der Waals surface area contributed by atoms with Crippen LogP contribution in [0.15, 0.2) is 0 Å². The molecule has 4 atom stereocenters. The Labute approximate surface area is 138 Å². The Morgan fingerprint density at radius 1 is 1.41 bits per heavy atom. The number of carboxylic acids is 1. The molecule has 0 bridgehead atoms. The van der Waals surface area contributed by atoms with Crippen LogP contribution in [0, 0.1) is 0 Å². The Morgan fingerprint density at radius 2 is 2.18 bits per heavy atom. The van der Waals surface area contributed by atoms with Crippen LogP contribution < -0.4 is 16.0 Å². The molecule has 2 aliphatic heterocycles. The fourth-order valence-electron chi connectivity index (χ4n) is 2.73. The Bertz CT molecular complexity index is 449. The van der Waals surface area contributed by atoms with Gasteiger partial charge in [0, 0.05) is 23.2 Å². The van der Waals surface area contributed by atoms with Crippen LogP contribution in [0.3, 0.4) is 0 Å². The number of carbonyl (C=O) groups excluding carboxylic acids is 2. The Hall–Kier alpha value is -1.09. The number of thiol groups is 1. The summed E-state index contributed by atoms with van der Waals surface area (Å²) in [6.07, 6.45) is 2.84. The van der Waals surface area contributed by atoms with E-state index in [1.807, 2.05) is 11.8 Å². The van der Waals surface area contributed by atoms with Crippen molar-refractivity contribution in [1.82, 2.24) is 16.0 Å². The molecule has 0 aliphatic carbocycles. The first-order chi connectivity index (χ1) is 10.5. The minimum absolute atomic E-state index is 0.0789. The van der Waals surface area contributed by atoms with Crippen molar-refractivity contribution in [2.24, 2.45) is 0 Å². The molecule has 3 amide bonds. The molecule has 0 unspecified atom stereocenters. The number of amides is 3. The number of rotatable bonds is 8. The van der Waals surface area contributed by atoms with Crippen LogP contribution in [-0.2, 0) is 9.59 Å². The van der Waals surface area contributed by atoms with Crippen molar-refractivity contribution in [3.05, 3.63) is 0 Å². The Morgan fingerprint density at radius 3 is 2.86 bits per heavy atom. The van der Waals surface area contributed by atoms with E-state index in [9.17, 15) is 14.4 Å². The quantitative estimate of drug-likeness (QED) is 0.245. The zero-order valence-corrected chi connectivity index (χ0v) is 13.8. The zero-order valence-electron chi connectivity index (χ0n) is 12.1. The van der Waals surface area contributed by atoms with Gasteiger partial charge in [-0.1, -0.05) is 6.42 Å². The molecule has 2 fully saturated rings. The van der Waals surface area contributed by atoms with E-state index >= 15 is 0 Å². The normalized spacial score (nSPS) is 27.7. The second-order valence-electron chi connectivity index (χ2n) is 5.51. The van der Waals surface area contributed by atoms with Gasteiger partial charge in [0.1, 0.15) is 6.04 Å². The van der Waals surface area contributed by atoms with Crippen molar-refractivity contribution in [3.63, 3.8) is 0 Å². The highest BCUT2D eigenvalue weighted by Gasteiger charge is 2.42. The summed E-state index contributed by atoms with van der Waals surface area (Å²) in [5.74, 6) is -0.317. The third-order valence-corrected chi connectivity index (χ3v) is 5.77. The first-order valence-corrected chi connectivity index (χ1v) is 9.01. The van der Waals surface area contributed by atoms with E-state index in [-0.39, 0.29) is 29.8 Å². The molecule has 9 heteroatoms. The van der Waals surface area contributed by atoms with Crippen molar-refractivity contribution in [1.29, 1.82) is 0 Å². The van der Waals surface area contributed by atoms with Crippen LogP contribution in [0.5, 0.6) is 0 Å². The third-order valence-electron chi connectivity index (χ3n) is 3.90. The van der Waals surface area contributed by atoms with Crippen molar-refractivity contribution in [3.8, 4) is 0 Å². The zero-order chi connectivity index (χ0) is 16.1. The van der Waals surface area contributed by atoms with E-state index < -0.39 is 12.0 Å². The van der Waals surface area contributed by atoms with Gasteiger partial charge < -0.3 is 21.1 Å². The molecule has 0 saturated carbocycles. The van der Waals surface area contributed by atoms with Crippen LogP contribution in [-0.4, -0.2) is 57.9 Å². The molecule has 22 heavy (non-hydrogen) atoms. The largest absolute Gasteiger partial charge is 0.480 e. The summed E-state index contributed by atoms with van der Waals surface area (Å²) in [5, 5.41) is 17.5. The number of aliphatic carboxylic acids is 1. The number of thioether (sulfide) groups is 1. The first kappa shape index (κ1) is 17.3. The van der Waals surface area contributed by atoms with Gasteiger partial charge in [-0.15, -0.1) is 0 Å². The molecule has 0 aromatic heterocycles. The molecule has 0 spiro atoms. The molecule has 2 aliphatic rings. The van der Waals surface area contributed by atoms with Crippen molar-refractivity contribution in [2.45, 2.75) is 49.1 Å². The molecule has 7 nitrogen and oxygen atoms in total. The lowest BCUT2D eigenvalue weighted by molar-refractivity contribution is -0.141. The van der Waals surface area contributed by atoms with Gasteiger partial charge >= 0.3 is 12.0 Å². The maximum Gasteiger partial charge on any atom is 0.327 e. The summed E-state index contributed by atoms with van der Waals surface area (Å²) in [7, 11) is 0. The molecular formula is C13H21N3O4S2. The summed E-state index contributed by atoms with van der Waals surface area (Å²) in [4.78, 5) is 33.7. The van der Waals surface area contributed by atoms with E-state index in [0.717, 1.165) is 18.6 Å². The molecule has 0 aromatic carbocycles. The van der Waals surface area contributed by atoms with Gasteiger partial charge in [0.25, 0.3) is 0 Å². The average Bonchev–Trinajstić information content (AvgIpc) is 3.00. The lowest BCUT2D eigenvalue weighted by atomic mass is 10.0. The topological polar surface area (TPSA) is 108 Å². The van der Waals surface area contributed by atoms with E-state index in [4.69, 9.17) is 5.11 Å². The number of hydrogen-bond donors (Lipinski definition) is 5. The highest BCUT2D eigenvalue weighted by Crippen LogP contribution is 2.33. The highest BCUT2D eigenvalue weighted by atomic mass is 32.2. The predicted octanol–water partition coefficient (Wildman–Crippen LogP) is 0.211. The first-order valence-electron chi connectivity index (χ1n) is 7.33. The molecule has 4 N–H and O–H groups in total. The van der Waals surface area contributed by atoms with Gasteiger partial charge in [0.2, 0.25) is 5.91 Å². The minimum atomic E-state index is -1.07. The predicted molar refractivity (Wildman–Crippen MR) is 87.4 cm³/mol. The number of unbranched alkanes of at least 4 members (excludes halogenated alkanes) is 1. The number of carbonyl (C=O) groups is 3. The van der Waals surface area contributed by atoms with Gasteiger partial charge in [-0.25, -0.2) is 9.59 Å². The second kappa shape index (κ2) is 7.96. The average molecular weight is 347 g/mol. The van der Waals surface area contributed by atoms with E-state index in [0.29, 0.717) is 18.1 Å². The van der Waals surface area contributed by atoms with Gasteiger partial charge in [0.05, 0.1) is 12.1 Å². The maximum absolute atomic E-state index is 11.7. The number of fused-ring (bicyclic) bond motifs is 1. The van der Waals surface area contributed by atoms with Crippen LogP contribution in [0.25, 0.3) is 0 Å². The molecule has 0 radical (unpaired) electrons. The van der Waals surface area contributed by atoms with Gasteiger partial charge in [-0.3, -0.25) is 4.79 Å². The fraction of sp³-hybridized carbons (Fsp3) is 0.769. The molecule has 2 rings (SSSR count). The van der Waals surface area contributed by atoms with Gasteiger partial charge in [-0.05, 0) is 12.8 Å². The fourth-order valence-corrected chi connectivity index (χ4v) is 4.52. The summed E-state index contributed by atoms with van der Waals surface area (Å²) < 4.78 is 0. The number of urea groups is 1. The smallest absolute Gasteiger partial charge is 0.327 e. The molecule has 2 heterocycles. The van der Waals surface area contributed by atoms with Crippen LogP contribution in [0.4, 0.5) is 4.79 Å². The third kappa shape index (κ3) is 4.45. The monoisotopic (exact) mass is 347 g/mol. The highest BCUT2D eigenvalue weighted by molar-refractivity contribution is 8.00. The van der Waals surface area contributed by atoms with Crippen LogP contribution in [0.1, 0.15) is 25.7 Å². The molecule has 124 valence electrons. The summed E-state index contributed by atoms with van der Waals surface area (Å²) in [6.45, 7) is 0.